The molecule has 2 aliphatic heterocycles. The molecule has 6 heteroatoms. The summed E-state index contributed by atoms with van der Waals surface area (Å²) in [7, 11) is 0. The number of hydrogen-bond acceptors (Lipinski definition) is 5. The molecule has 1 radical (unpaired) electrons. The second-order valence-electron chi connectivity index (χ2n) is 14.7. The summed E-state index contributed by atoms with van der Waals surface area (Å²) in [5.74, 6) is 0.944. The first-order valence-electron chi connectivity index (χ1n) is 16.0. The van der Waals surface area contributed by atoms with Crippen molar-refractivity contribution in [2.24, 2.45) is 9.98 Å². The van der Waals surface area contributed by atoms with E-state index in [1.165, 1.54) is 0 Å². The number of hydroxylamine groups is 4. The number of aliphatic imine (C=N–C) groups is 2. The van der Waals surface area contributed by atoms with E-state index in [4.69, 9.17) is 9.98 Å². The predicted octanol–water partition coefficient (Wildman–Crippen LogP) is 9.41. The zero-order chi connectivity index (χ0) is 32.8. The van der Waals surface area contributed by atoms with Crippen molar-refractivity contribution in [2.45, 2.75) is 77.5 Å². The molecule has 0 unspecified atom stereocenters. The number of amidine groups is 2. The summed E-state index contributed by atoms with van der Waals surface area (Å²) in [6.07, 6.45) is 0. The van der Waals surface area contributed by atoms with Gasteiger partial charge in [-0.1, -0.05) is 96.2 Å². The number of hydrogen-bond donors (Lipinski definition) is 0. The maximum atomic E-state index is 13.5. The van der Waals surface area contributed by atoms with Crippen LogP contribution in [0.15, 0.2) is 107 Å². The maximum Gasteiger partial charge on any atom is 0.159 e. The number of fused-ring (bicyclic) bond motifs is 2. The van der Waals surface area contributed by atoms with Crippen LogP contribution in [0.25, 0.3) is 43.8 Å². The molecule has 46 heavy (non-hydrogen) atoms. The lowest BCUT2D eigenvalue weighted by Crippen LogP contribution is -2.50. The molecule has 5 aromatic rings. The van der Waals surface area contributed by atoms with Gasteiger partial charge < -0.3 is 10.3 Å². The highest BCUT2D eigenvalue weighted by molar-refractivity contribution is 6.21. The summed E-state index contributed by atoms with van der Waals surface area (Å²) in [6.45, 7) is 15.8. The Morgan fingerprint density at radius 2 is 0.935 bits per heavy atom. The Bertz CT molecular complexity index is 2030. The molecule has 0 spiro atoms. The fraction of sp³-hybridized carbons (Fsp3) is 0.300. The van der Waals surface area contributed by atoms with Crippen molar-refractivity contribution in [3.05, 3.63) is 113 Å². The summed E-state index contributed by atoms with van der Waals surface area (Å²) in [4.78, 5) is 9.72. The third-order valence-electron chi connectivity index (χ3n) is 10.9. The quantitative estimate of drug-likeness (QED) is 0.191. The molecule has 6 nitrogen and oxygen atoms in total. The van der Waals surface area contributed by atoms with E-state index in [0.29, 0.717) is 11.7 Å². The normalized spacial score (nSPS) is 19.5. The highest BCUT2D eigenvalue weighted by Crippen LogP contribution is 2.45. The van der Waals surface area contributed by atoms with Crippen LogP contribution in [0, 0.1) is 5.21 Å². The van der Waals surface area contributed by atoms with Gasteiger partial charge >= 0.3 is 0 Å². The van der Waals surface area contributed by atoms with Crippen LogP contribution in [0.3, 0.4) is 0 Å². The van der Waals surface area contributed by atoms with E-state index in [9.17, 15) is 10.4 Å². The largest absolute Gasteiger partial charge is 0.757 e. The molecule has 0 aromatic heterocycles. The van der Waals surface area contributed by atoms with Gasteiger partial charge in [-0.2, -0.15) is 5.06 Å². The average Bonchev–Trinajstić information content (AvgIpc) is 3.31. The van der Waals surface area contributed by atoms with Gasteiger partial charge in [0.15, 0.2) is 5.84 Å². The molecule has 2 aliphatic rings. The Morgan fingerprint density at radius 3 is 1.39 bits per heavy atom. The van der Waals surface area contributed by atoms with E-state index in [-0.39, 0.29) is 0 Å². The molecule has 233 valence electrons. The highest BCUT2D eigenvalue weighted by Gasteiger charge is 2.50. The summed E-state index contributed by atoms with van der Waals surface area (Å²) < 4.78 is 0. The van der Waals surface area contributed by atoms with Crippen LogP contribution in [0.2, 0.25) is 0 Å². The van der Waals surface area contributed by atoms with Crippen LogP contribution in [0.5, 0.6) is 0 Å². The van der Waals surface area contributed by atoms with Crippen LogP contribution in [-0.4, -0.2) is 44.0 Å². The first-order valence-corrected chi connectivity index (χ1v) is 16.0. The van der Waals surface area contributed by atoms with Gasteiger partial charge in [-0.25, -0.2) is 0 Å². The lowest BCUT2D eigenvalue weighted by molar-refractivity contribution is -0.158. The molecular formula is C40H40N4O2-. The van der Waals surface area contributed by atoms with Gasteiger partial charge in [0.1, 0.15) is 5.84 Å². The number of rotatable bonds is 4. The summed E-state index contributed by atoms with van der Waals surface area (Å²) >= 11 is 0. The van der Waals surface area contributed by atoms with Gasteiger partial charge in [-0.15, -0.1) is 0 Å². The van der Waals surface area contributed by atoms with E-state index in [1.54, 1.807) is 0 Å². The molecule has 0 fully saturated rings. The standard InChI is InChI=1S/C40H40N4O2/c1-37(2)39(5,6)43(45)35(41-37)26-22-20-25(21-23-26)33-29-16-9-11-18-31(29)34(32-19-12-10-17-30(32)33)27-14-13-15-28(24-27)36-42-38(3,4)40(7,8)44(36)46/h9-24H,1-8H3/q-1. The van der Waals surface area contributed by atoms with Crippen molar-refractivity contribution in [2.75, 3.05) is 0 Å². The zero-order valence-electron chi connectivity index (χ0n) is 27.8. The molecule has 0 saturated heterocycles. The van der Waals surface area contributed by atoms with Crippen LogP contribution >= 0.6 is 0 Å². The minimum Gasteiger partial charge on any atom is -0.757 e. The highest BCUT2D eigenvalue weighted by atomic mass is 16.5. The second-order valence-corrected chi connectivity index (χ2v) is 14.7. The topological polar surface area (TPSA) is 74.2 Å². The van der Waals surface area contributed by atoms with Crippen LogP contribution in [0.4, 0.5) is 0 Å². The molecule has 0 N–H and O–H groups in total. The Labute approximate surface area is 271 Å². The molecule has 7 rings (SSSR count). The predicted molar refractivity (Wildman–Crippen MR) is 189 cm³/mol. The van der Waals surface area contributed by atoms with Gasteiger partial charge in [0.05, 0.1) is 16.6 Å². The van der Waals surface area contributed by atoms with Gasteiger partial charge in [-0.3, -0.25) is 9.98 Å². The van der Waals surface area contributed by atoms with Crippen molar-refractivity contribution < 1.29 is 5.21 Å². The molecule has 2 heterocycles. The van der Waals surface area contributed by atoms with Crippen molar-refractivity contribution in [3.63, 3.8) is 0 Å². The van der Waals surface area contributed by atoms with Crippen molar-refractivity contribution >= 4 is 33.2 Å². The Balaban J connectivity index is 1.39. The van der Waals surface area contributed by atoms with Crippen molar-refractivity contribution in [1.29, 1.82) is 0 Å². The van der Waals surface area contributed by atoms with E-state index in [2.05, 4.69) is 72.8 Å². The lowest BCUT2D eigenvalue weighted by Gasteiger charge is -2.45. The van der Waals surface area contributed by atoms with E-state index in [0.717, 1.165) is 65.1 Å². The Morgan fingerprint density at radius 1 is 0.500 bits per heavy atom. The average molecular weight is 609 g/mol. The summed E-state index contributed by atoms with van der Waals surface area (Å²) in [5.41, 5.74) is 3.68. The van der Waals surface area contributed by atoms with Crippen LogP contribution in [0.1, 0.15) is 66.5 Å². The third-order valence-corrected chi connectivity index (χ3v) is 10.9. The number of nitrogens with zero attached hydrogens (tertiary/aromatic N) is 4. The fourth-order valence-corrected chi connectivity index (χ4v) is 6.63. The van der Waals surface area contributed by atoms with E-state index < -0.39 is 22.2 Å². The third kappa shape index (κ3) is 4.24. The van der Waals surface area contributed by atoms with Gasteiger partial charge in [-0.05, 0) is 105 Å². The SMILES string of the molecule is CC1(C)N=C(c2ccc(-c3c4ccccc4c(-c4cccc(C5=NC(C)(C)C(C)(C)N5[O-])c4)c4ccccc34)cc2)N([O])C1(C)C. The minimum atomic E-state index is -0.655. The first kappa shape index (κ1) is 30.2. The van der Waals surface area contributed by atoms with Crippen molar-refractivity contribution in [1.82, 2.24) is 10.1 Å². The fourth-order valence-electron chi connectivity index (χ4n) is 6.63. The Hall–Kier alpha value is -4.52. The molecular weight excluding hydrogens is 568 g/mol. The molecule has 0 amide bonds. The summed E-state index contributed by atoms with van der Waals surface area (Å²) in [6, 6.07) is 33.4. The van der Waals surface area contributed by atoms with Crippen LogP contribution in [-0.2, 0) is 5.21 Å². The van der Waals surface area contributed by atoms with Gasteiger partial charge in [0, 0.05) is 16.7 Å². The molecule has 0 bridgehead atoms. The van der Waals surface area contributed by atoms with Gasteiger partial charge in [0.2, 0.25) is 0 Å². The molecule has 0 atom stereocenters. The Kier molecular flexibility index (Phi) is 6.55. The molecule has 5 aromatic carbocycles. The van der Waals surface area contributed by atoms with Crippen molar-refractivity contribution in [3.8, 4) is 22.3 Å². The molecule has 0 aliphatic carbocycles. The monoisotopic (exact) mass is 608 g/mol. The smallest absolute Gasteiger partial charge is 0.159 e. The second kappa shape index (κ2) is 9.99. The number of benzene rings is 5. The molecule has 0 saturated carbocycles. The zero-order valence-corrected chi connectivity index (χ0v) is 27.8. The van der Waals surface area contributed by atoms with E-state index >= 15 is 0 Å². The summed E-state index contributed by atoms with van der Waals surface area (Å²) in [5, 5.41) is 33.4. The van der Waals surface area contributed by atoms with Crippen LogP contribution < -0.4 is 0 Å². The van der Waals surface area contributed by atoms with Gasteiger partial charge in [0.25, 0.3) is 0 Å². The lowest BCUT2D eigenvalue weighted by atomic mass is 9.84. The minimum absolute atomic E-state index is 0.470. The van der Waals surface area contributed by atoms with E-state index in [1.807, 2.05) is 79.7 Å². The maximum absolute atomic E-state index is 13.5. The first-order chi connectivity index (χ1) is 21.7.